The number of benzene rings is 3. The zero-order valence-corrected chi connectivity index (χ0v) is 25.7. The molecule has 0 aliphatic heterocycles. The number of sulfonamides is 1. The molecule has 0 saturated heterocycles. The van der Waals surface area contributed by atoms with Gasteiger partial charge < -0.3 is 15.0 Å². The summed E-state index contributed by atoms with van der Waals surface area (Å²) in [6.07, 6.45) is 1.73. The molecule has 0 heterocycles. The molecule has 0 saturated carbocycles. The van der Waals surface area contributed by atoms with Crippen molar-refractivity contribution in [1.29, 1.82) is 0 Å². The Hall–Kier alpha value is -3.37. The topological polar surface area (TPSA) is 96.0 Å². The molecule has 1 atom stereocenters. The SMILES string of the molecule is CCCCNC(=O)[C@@H](C)N(Cc1ccc(Br)cc1)C(=O)CN(c1cc(C)ccc1OC)S(=O)(=O)c1ccccc1. The van der Waals surface area contributed by atoms with Crippen molar-refractivity contribution in [1.82, 2.24) is 10.2 Å². The minimum Gasteiger partial charge on any atom is -0.495 e. The molecule has 0 fully saturated rings. The van der Waals surface area contributed by atoms with Crippen LogP contribution in [0, 0.1) is 6.92 Å². The molecule has 40 heavy (non-hydrogen) atoms. The minimum absolute atomic E-state index is 0.0381. The average Bonchev–Trinajstić information content (AvgIpc) is 2.95. The van der Waals surface area contributed by atoms with E-state index >= 15 is 0 Å². The summed E-state index contributed by atoms with van der Waals surface area (Å²) in [5, 5.41) is 2.89. The van der Waals surface area contributed by atoms with E-state index in [4.69, 9.17) is 4.74 Å². The number of halogens is 1. The van der Waals surface area contributed by atoms with Crippen LogP contribution in [-0.4, -0.2) is 51.4 Å². The van der Waals surface area contributed by atoms with Gasteiger partial charge in [-0.3, -0.25) is 13.9 Å². The van der Waals surface area contributed by atoms with Crippen molar-refractivity contribution in [2.45, 2.75) is 51.1 Å². The van der Waals surface area contributed by atoms with Crippen molar-refractivity contribution in [3.8, 4) is 5.75 Å². The lowest BCUT2D eigenvalue weighted by Crippen LogP contribution is -2.51. The molecule has 1 N–H and O–H groups in total. The van der Waals surface area contributed by atoms with Crippen LogP contribution >= 0.6 is 15.9 Å². The van der Waals surface area contributed by atoms with Gasteiger partial charge in [0.1, 0.15) is 18.3 Å². The Kier molecular flexibility index (Phi) is 11.2. The van der Waals surface area contributed by atoms with E-state index in [-0.39, 0.29) is 23.0 Å². The molecule has 214 valence electrons. The van der Waals surface area contributed by atoms with E-state index < -0.39 is 28.5 Å². The molecule has 8 nitrogen and oxygen atoms in total. The van der Waals surface area contributed by atoms with Crippen LogP contribution in [0.1, 0.15) is 37.8 Å². The van der Waals surface area contributed by atoms with Crippen LogP contribution in [0.4, 0.5) is 5.69 Å². The van der Waals surface area contributed by atoms with Gasteiger partial charge >= 0.3 is 0 Å². The van der Waals surface area contributed by atoms with E-state index in [9.17, 15) is 18.0 Å². The molecule has 0 bridgehead atoms. The number of aryl methyl sites for hydroxylation is 1. The zero-order chi connectivity index (χ0) is 29.3. The van der Waals surface area contributed by atoms with Gasteiger partial charge in [-0.15, -0.1) is 0 Å². The molecule has 0 aromatic heterocycles. The monoisotopic (exact) mass is 629 g/mol. The Balaban J connectivity index is 2.05. The van der Waals surface area contributed by atoms with E-state index in [0.29, 0.717) is 12.3 Å². The Labute approximate surface area is 245 Å². The Bertz CT molecular complexity index is 1400. The summed E-state index contributed by atoms with van der Waals surface area (Å²) >= 11 is 3.42. The summed E-state index contributed by atoms with van der Waals surface area (Å²) in [6, 6.07) is 19.7. The average molecular weight is 631 g/mol. The van der Waals surface area contributed by atoms with E-state index in [2.05, 4.69) is 21.2 Å². The third kappa shape index (κ3) is 7.85. The number of amides is 2. The zero-order valence-electron chi connectivity index (χ0n) is 23.3. The number of unbranched alkanes of at least 4 members (excludes halogenated alkanes) is 1. The Morgan fingerprint density at radius 2 is 1.70 bits per heavy atom. The largest absolute Gasteiger partial charge is 0.495 e. The smallest absolute Gasteiger partial charge is 0.264 e. The van der Waals surface area contributed by atoms with E-state index in [1.807, 2.05) is 38.1 Å². The molecule has 0 radical (unpaired) electrons. The molecular formula is C30H36BrN3O5S. The highest BCUT2D eigenvalue weighted by Gasteiger charge is 2.33. The highest BCUT2D eigenvalue weighted by Crippen LogP contribution is 2.33. The van der Waals surface area contributed by atoms with Crippen molar-refractivity contribution in [3.05, 3.63) is 88.4 Å². The van der Waals surface area contributed by atoms with Crippen molar-refractivity contribution >= 4 is 43.5 Å². The highest BCUT2D eigenvalue weighted by atomic mass is 79.9. The number of hydrogen-bond acceptors (Lipinski definition) is 5. The van der Waals surface area contributed by atoms with Crippen molar-refractivity contribution in [3.63, 3.8) is 0 Å². The number of nitrogens with one attached hydrogen (secondary N) is 1. The third-order valence-electron chi connectivity index (χ3n) is 6.48. The second kappa shape index (κ2) is 14.3. The summed E-state index contributed by atoms with van der Waals surface area (Å²) in [4.78, 5) is 28.5. The molecule has 3 rings (SSSR count). The normalized spacial score (nSPS) is 11.9. The predicted molar refractivity (Wildman–Crippen MR) is 161 cm³/mol. The van der Waals surface area contributed by atoms with Crippen molar-refractivity contribution in [2.24, 2.45) is 0 Å². The maximum atomic E-state index is 14.0. The summed E-state index contributed by atoms with van der Waals surface area (Å²) < 4.78 is 35.4. The minimum atomic E-state index is -4.17. The fourth-order valence-corrected chi connectivity index (χ4v) is 5.84. The maximum absolute atomic E-state index is 14.0. The van der Waals surface area contributed by atoms with Gasteiger partial charge in [0.25, 0.3) is 10.0 Å². The van der Waals surface area contributed by atoms with Crippen LogP contribution in [0.15, 0.2) is 82.2 Å². The van der Waals surface area contributed by atoms with Gasteiger partial charge in [-0.1, -0.05) is 65.7 Å². The summed E-state index contributed by atoms with van der Waals surface area (Å²) in [5.41, 5.74) is 1.84. The lowest BCUT2D eigenvalue weighted by Gasteiger charge is -2.32. The summed E-state index contributed by atoms with van der Waals surface area (Å²) in [7, 11) is -2.72. The second-order valence-electron chi connectivity index (χ2n) is 9.47. The molecule has 10 heteroatoms. The number of anilines is 1. The number of methoxy groups -OCH3 is 1. The highest BCUT2D eigenvalue weighted by molar-refractivity contribution is 9.10. The van der Waals surface area contributed by atoms with Gasteiger partial charge in [-0.2, -0.15) is 0 Å². The van der Waals surface area contributed by atoms with Gasteiger partial charge in [-0.05, 0) is 67.8 Å². The van der Waals surface area contributed by atoms with Crippen molar-refractivity contribution in [2.75, 3.05) is 24.5 Å². The Morgan fingerprint density at radius 3 is 2.33 bits per heavy atom. The summed E-state index contributed by atoms with van der Waals surface area (Å²) in [6.45, 7) is 5.61. The van der Waals surface area contributed by atoms with E-state index in [1.165, 1.54) is 24.1 Å². The fraction of sp³-hybridized carbons (Fsp3) is 0.333. The molecule has 0 unspecified atom stereocenters. The standard InChI is InChI=1S/C30H36BrN3O5S/c1-5-6-18-32-30(36)23(3)33(20-24-13-15-25(31)16-14-24)29(35)21-34(27-19-22(2)12-17-28(27)39-4)40(37,38)26-10-8-7-9-11-26/h7-17,19,23H,5-6,18,20-21H2,1-4H3,(H,32,36)/t23-/m1/s1. The number of ether oxygens (including phenoxy) is 1. The van der Waals surface area contributed by atoms with Gasteiger partial charge in [0.05, 0.1) is 17.7 Å². The molecule has 2 amide bonds. The first-order valence-corrected chi connectivity index (χ1v) is 15.4. The molecule has 0 aliphatic carbocycles. The number of carbonyl (C=O) groups is 2. The van der Waals surface area contributed by atoms with Crippen LogP contribution in [-0.2, 0) is 26.2 Å². The lowest BCUT2D eigenvalue weighted by atomic mass is 10.1. The van der Waals surface area contributed by atoms with Gasteiger partial charge in [0.15, 0.2) is 0 Å². The quantitative estimate of drug-likeness (QED) is 0.259. The molecule has 0 spiro atoms. The van der Waals surface area contributed by atoms with Gasteiger partial charge in [0.2, 0.25) is 11.8 Å². The summed E-state index contributed by atoms with van der Waals surface area (Å²) in [5.74, 6) is -0.517. The molecular weight excluding hydrogens is 594 g/mol. The first-order valence-electron chi connectivity index (χ1n) is 13.1. The third-order valence-corrected chi connectivity index (χ3v) is 8.78. The van der Waals surface area contributed by atoms with Crippen LogP contribution < -0.4 is 14.4 Å². The maximum Gasteiger partial charge on any atom is 0.264 e. The van der Waals surface area contributed by atoms with Crippen LogP contribution in [0.25, 0.3) is 0 Å². The van der Waals surface area contributed by atoms with Gasteiger partial charge in [0, 0.05) is 17.6 Å². The molecule has 3 aromatic carbocycles. The fourth-order valence-electron chi connectivity index (χ4n) is 4.13. The number of nitrogens with zero attached hydrogens (tertiary/aromatic N) is 2. The van der Waals surface area contributed by atoms with Crippen LogP contribution in [0.2, 0.25) is 0 Å². The lowest BCUT2D eigenvalue weighted by molar-refractivity contribution is -0.139. The predicted octanol–water partition coefficient (Wildman–Crippen LogP) is 5.30. The first kappa shape index (κ1) is 31.2. The first-order chi connectivity index (χ1) is 19.1. The molecule has 3 aromatic rings. The second-order valence-corrected chi connectivity index (χ2v) is 12.2. The molecule has 0 aliphatic rings. The number of carbonyl (C=O) groups excluding carboxylic acids is 2. The Morgan fingerprint density at radius 1 is 1.02 bits per heavy atom. The van der Waals surface area contributed by atoms with E-state index in [1.54, 1.807) is 43.3 Å². The van der Waals surface area contributed by atoms with Crippen LogP contribution in [0.3, 0.4) is 0 Å². The van der Waals surface area contributed by atoms with Crippen molar-refractivity contribution < 1.29 is 22.7 Å². The number of hydrogen-bond donors (Lipinski definition) is 1. The van der Waals surface area contributed by atoms with E-state index in [0.717, 1.165) is 32.7 Å². The van der Waals surface area contributed by atoms with Gasteiger partial charge in [-0.25, -0.2) is 8.42 Å². The van der Waals surface area contributed by atoms with Crippen LogP contribution in [0.5, 0.6) is 5.75 Å². The number of rotatable bonds is 13.